The fourth-order valence-electron chi connectivity index (χ4n) is 9.44. The van der Waals surface area contributed by atoms with Gasteiger partial charge < -0.3 is 24.3 Å². The third kappa shape index (κ3) is 40.9. The molecule has 4 fully saturated rings. The van der Waals surface area contributed by atoms with Gasteiger partial charge in [-0.2, -0.15) is 12.9 Å². The Kier molecular flexibility index (Phi) is 49.6. The van der Waals surface area contributed by atoms with Gasteiger partial charge in [0.05, 0.1) is 42.1 Å². The van der Waals surface area contributed by atoms with Gasteiger partial charge in [0.1, 0.15) is 22.9 Å². The van der Waals surface area contributed by atoms with Crippen molar-refractivity contribution in [3.05, 3.63) is 78.4 Å². The number of hydrogen-bond acceptors (Lipinski definition) is 12. The van der Waals surface area contributed by atoms with Crippen LogP contribution in [0.4, 0.5) is 0 Å². The first-order valence-electron chi connectivity index (χ1n) is 36.2. The molecule has 0 radical (unpaired) electrons. The van der Waals surface area contributed by atoms with Crippen LogP contribution in [0.2, 0.25) is 0 Å². The van der Waals surface area contributed by atoms with Crippen LogP contribution in [-0.2, 0) is 39.5 Å². The predicted molar refractivity (Wildman–Crippen MR) is 491 cm³/mol. The zero-order chi connectivity index (χ0) is 92.3. The van der Waals surface area contributed by atoms with Crippen molar-refractivity contribution in [1.82, 2.24) is 18.2 Å². The van der Waals surface area contributed by atoms with E-state index in [9.17, 15) is 30.0 Å². The fourth-order valence-corrected chi connectivity index (χ4v) is 14.3. The highest BCUT2D eigenvalue weighted by atomic mass is 32.2. The second-order valence-electron chi connectivity index (χ2n) is 22.4. The smallest absolute Gasteiger partial charge is 0.245 e. The van der Waals surface area contributed by atoms with E-state index in [1.165, 1.54) is 63.3 Å². The summed E-state index contributed by atoms with van der Waals surface area (Å²) in [6, 6.07) is 18.5. The topological polar surface area (TPSA) is 178 Å². The lowest BCUT2D eigenvalue weighted by atomic mass is 10.0. The van der Waals surface area contributed by atoms with E-state index >= 15 is 0 Å². The number of Topliss-reactive ketones (excluding diaryl/α,β-unsaturated/α-hetero) is 1. The molecule has 598 valence electrons. The second kappa shape index (κ2) is 62.8. The molecule has 4 saturated heterocycles. The van der Waals surface area contributed by atoms with E-state index in [-0.39, 0.29) is 59.6 Å². The molecule has 7 rings (SSSR count). The number of sulfonamides is 3. The Morgan fingerprint density at radius 2 is 0.508 bits per heavy atom. The Labute approximate surface area is 754 Å². The standard InChI is InChI=1S/C47H4.C27H4.C22H26N2O7S2.C14H20N2O4S/c1-3-5-7-9-11-13-15-17-19-21-23-25-27-29-31-33-35-37-39-41-43-45-47-46-44-42-40-38-36-34-32-30-28-26-24-22-20-18-16-14-12-10-8-6-4-2;1-3-5-7-9-11-13-15-17-19-21-23-25-27-26-24-22-20-18-16-14-12-10-8-6-4-2;1-17(25)18-3-7-20(8-4-18)32(26,27)23-13-11-22(12-14-23)24(15-16-31-22)33(28,29)21-9-5-19(30-2)6-10-21;1-19-12-2-4-13(5-3-12)21(17,18)16-10-11-20-14(16)6-8-15-9-7-14/h1H,2H3;1H,2H3;3-10H,11-16H2,1-2H3;2-5,15H,6-11H2,1H3. The summed E-state index contributed by atoms with van der Waals surface area (Å²) in [7, 11) is -8.10. The molecular formula is C110H54N4O11S3. The number of carbonyl (C=O) groups is 1. The van der Waals surface area contributed by atoms with E-state index < -0.39 is 41.5 Å². The molecule has 128 heavy (non-hydrogen) atoms. The first-order chi connectivity index (χ1) is 62.5. The number of hydrogen-bond donors (Lipinski definition) is 1. The molecule has 0 atom stereocenters. The number of carbonyl (C=O) groups excluding carboxylic acids is 1. The predicted octanol–water partition coefficient (Wildman–Crippen LogP) is 4.29. The summed E-state index contributed by atoms with van der Waals surface area (Å²) in [5, 5.41) is 3.24. The van der Waals surface area contributed by atoms with Crippen LogP contribution in [0.15, 0.2) is 87.5 Å². The van der Waals surface area contributed by atoms with Crippen molar-refractivity contribution in [3.63, 3.8) is 0 Å². The summed E-state index contributed by atoms with van der Waals surface area (Å²) in [4.78, 5) is 12.0. The fraction of sp³-hybridized carbons (Fsp3) is 0.173. The normalized spacial score (nSPS) is 11.0. The number of methoxy groups -OCH3 is 2. The van der Waals surface area contributed by atoms with Crippen molar-refractivity contribution < 1.29 is 49.0 Å². The minimum atomic E-state index is -3.84. The Morgan fingerprint density at radius 1 is 0.305 bits per heavy atom. The van der Waals surface area contributed by atoms with Gasteiger partial charge in [0, 0.05) is 271 Å². The Morgan fingerprint density at radius 3 is 0.719 bits per heavy atom. The van der Waals surface area contributed by atoms with Crippen molar-refractivity contribution in [1.29, 1.82) is 0 Å². The molecule has 3 aromatic carbocycles. The molecule has 18 heteroatoms. The van der Waals surface area contributed by atoms with E-state index in [1.807, 2.05) is 0 Å². The van der Waals surface area contributed by atoms with E-state index in [4.69, 9.17) is 31.8 Å². The van der Waals surface area contributed by atoms with E-state index in [0.717, 1.165) is 13.1 Å². The van der Waals surface area contributed by atoms with Crippen molar-refractivity contribution in [2.75, 3.05) is 66.7 Å². The average Bonchev–Trinajstić information content (AvgIpc) is 1.53. The summed E-state index contributed by atoms with van der Waals surface area (Å²) in [5.74, 6) is 175. The molecular weight excluding hydrogens is 1650 g/mol. The Hall–Kier alpha value is -19.3. The van der Waals surface area contributed by atoms with Crippen molar-refractivity contribution in [3.8, 4) is 439 Å². The zero-order valence-corrected chi connectivity index (χ0v) is 71.1. The van der Waals surface area contributed by atoms with Crippen LogP contribution in [0.3, 0.4) is 0 Å². The van der Waals surface area contributed by atoms with Crippen LogP contribution in [0.5, 0.6) is 11.5 Å². The number of rotatable bonds is 9. The molecule has 2 spiro atoms. The lowest BCUT2D eigenvalue weighted by Crippen LogP contribution is -2.55. The minimum absolute atomic E-state index is 0.0958. The quantitative estimate of drug-likeness (QED) is 0.238. The highest BCUT2D eigenvalue weighted by Gasteiger charge is 2.52. The molecule has 0 bridgehead atoms. The molecule has 0 aromatic heterocycles. The molecule has 0 saturated carbocycles. The summed E-state index contributed by atoms with van der Waals surface area (Å²) in [5.41, 5.74) is -1.32. The van der Waals surface area contributed by atoms with Gasteiger partial charge in [-0.1, -0.05) is 24.0 Å². The van der Waals surface area contributed by atoms with Gasteiger partial charge in [-0.3, -0.25) is 4.79 Å². The molecule has 3 aromatic rings. The van der Waals surface area contributed by atoms with E-state index in [1.54, 1.807) is 57.4 Å². The van der Waals surface area contributed by atoms with Gasteiger partial charge >= 0.3 is 0 Å². The molecule has 4 aliphatic heterocycles. The van der Waals surface area contributed by atoms with Crippen molar-refractivity contribution >= 4 is 35.9 Å². The van der Waals surface area contributed by atoms with Gasteiger partial charge in [0.15, 0.2) is 5.78 Å². The van der Waals surface area contributed by atoms with Crippen LogP contribution < -0.4 is 14.8 Å². The van der Waals surface area contributed by atoms with Gasteiger partial charge in [0.25, 0.3) is 0 Å². The van der Waals surface area contributed by atoms with Crippen LogP contribution in [-0.4, -0.2) is 122 Å². The molecule has 0 aliphatic carbocycles. The monoisotopic (exact) mass is 1700 g/mol. The summed E-state index contributed by atoms with van der Waals surface area (Å²) >= 11 is 0. The average molecular weight is 1700 g/mol. The summed E-state index contributed by atoms with van der Waals surface area (Å²) in [6.45, 7) is 7.89. The lowest BCUT2D eigenvalue weighted by molar-refractivity contribution is -0.0806. The molecule has 4 heterocycles. The van der Waals surface area contributed by atoms with Gasteiger partial charge in [-0.25, -0.2) is 25.3 Å². The first-order valence-corrected chi connectivity index (χ1v) is 40.5. The maximum absolute atomic E-state index is 13.3. The number of nitrogens with zero attached hydrogens (tertiary/aromatic N) is 3. The number of ketones is 1. The third-order valence-corrected chi connectivity index (χ3v) is 20.6. The first kappa shape index (κ1) is 101. The van der Waals surface area contributed by atoms with Gasteiger partial charge in [0.2, 0.25) is 30.1 Å². The number of benzene rings is 3. The van der Waals surface area contributed by atoms with Crippen LogP contribution in [0.25, 0.3) is 0 Å². The third-order valence-electron chi connectivity index (χ3n) is 14.7. The van der Waals surface area contributed by atoms with Crippen molar-refractivity contribution in [2.24, 2.45) is 0 Å². The largest absolute Gasteiger partial charge is 0.497 e. The molecule has 0 unspecified atom stereocenters. The molecule has 1 N–H and O–H groups in total. The van der Waals surface area contributed by atoms with Gasteiger partial charge in [-0.15, -0.1) is 12.8 Å². The Bertz CT molecular complexity index is 7790. The number of nitrogens with one attached hydrogen (secondary N) is 1. The second-order valence-corrected chi connectivity index (χ2v) is 28.0. The SMILES string of the molecule is C#CC#CC#CC#CC#CC#CC#CC#CC#CC#CC#CC#CC#CC.C#CC#CC#CC#CC#CC#CC#CC#CC#CC#CC#CC#CC#CC#CC#CC#CC#CC#CC#CC#CC#CC#CC#CC.COc1ccc(S(=O)(=O)N2CCOC23CCN(S(=O)(=O)c2ccc(C(C)=O)cc2)CC3)cc1.COc1ccc(S(=O)(=O)N2CCOC23CCNCC3)cc1. The number of ether oxygens (including phenoxy) is 4. The lowest BCUT2D eigenvalue weighted by Gasteiger charge is -2.42. The maximum atomic E-state index is 13.3. The van der Waals surface area contributed by atoms with Crippen molar-refractivity contribution in [2.45, 2.75) is 72.6 Å². The Balaban J connectivity index is 0.000000372. The number of terminal acetylenes is 2. The minimum Gasteiger partial charge on any atom is -0.497 e. The highest BCUT2D eigenvalue weighted by molar-refractivity contribution is 7.89. The van der Waals surface area contributed by atoms with Gasteiger partial charge in [-0.05, 0) is 284 Å². The molecule has 0 amide bonds. The molecule has 15 nitrogen and oxygen atoms in total. The van der Waals surface area contributed by atoms with E-state index in [0.29, 0.717) is 43.1 Å². The summed E-state index contributed by atoms with van der Waals surface area (Å²) in [6.07, 6.45) is 11.6. The van der Waals surface area contributed by atoms with Crippen LogP contribution in [0, 0.1) is 427 Å². The highest BCUT2D eigenvalue weighted by Crippen LogP contribution is 2.40. The summed E-state index contributed by atoms with van der Waals surface area (Å²) < 4.78 is 105. The number of piperidine rings is 2. The zero-order valence-electron chi connectivity index (χ0n) is 68.6. The maximum Gasteiger partial charge on any atom is 0.245 e. The van der Waals surface area contributed by atoms with E-state index in [2.05, 4.69) is 420 Å². The van der Waals surface area contributed by atoms with Crippen LogP contribution in [0.1, 0.15) is 56.8 Å². The molecule has 4 aliphatic rings. The van der Waals surface area contributed by atoms with Crippen LogP contribution >= 0.6 is 0 Å².